The maximum atomic E-state index is 11.2. The number of hydrogen-bond donors (Lipinski definition) is 0. The Labute approximate surface area is 244 Å². The van der Waals surface area contributed by atoms with Gasteiger partial charge in [0.25, 0.3) is 0 Å². The lowest BCUT2D eigenvalue weighted by Gasteiger charge is -2.09. The fourth-order valence-corrected chi connectivity index (χ4v) is 2.68. The van der Waals surface area contributed by atoms with Crippen LogP contribution < -0.4 is 0 Å². The van der Waals surface area contributed by atoms with E-state index in [0.29, 0.717) is 132 Å². The lowest BCUT2D eigenvalue weighted by atomic mass is 10.3. The van der Waals surface area contributed by atoms with Crippen molar-refractivity contribution in [3.8, 4) is 0 Å². The van der Waals surface area contributed by atoms with Crippen LogP contribution in [0.25, 0.3) is 0 Å². The van der Waals surface area contributed by atoms with Gasteiger partial charge in [-0.05, 0) is 6.42 Å². The van der Waals surface area contributed by atoms with Gasteiger partial charge in [-0.3, -0.25) is 4.79 Å². The predicted octanol–water partition coefficient (Wildman–Crippen LogP) is 0.669. The second kappa shape index (κ2) is 34.7. The average molecular weight is 601 g/mol. The van der Waals surface area contributed by atoms with Gasteiger partial charge < -0.3 is 56.8 Å². The summed E-state index contributed by atoms with van der Waals surface area (Å²) in [5.41, 5.74) is 0. The summed E-state index contributed by atoms with van der Waals surface area (Å²) in [6, 6.07) is 0. The van der Waals surface area contributed by atoms with E-state index in [-0.39, 0.29) is 19.2 Å². The number of carbonyl (C=O) groups excluding carboxylic acids is 2. The lowest BCUT2D eigenvalue weighted by molar-refractivity contribution is -0.146. The normalized spacial score (nSPS) is 11.2. The van der Waals surface area contributed by atoms with Crippen molar-refractivity contribution in [2.45, 2.75) is 19.8 Å². The van der Waals surface area contributed by atoms with Crippen molar-refractivity contribution in [2.75, 3.05) is 146 Å². The Kier molecular flexibility index (Phi) is 33.5. The number of methoxy groups -OCH3 is 1. The maximum Gasteiger partial charge on any atom is 0.331 e. The number of hydrogen-bond acceptors (Lipinski definition) is 14. The Morgan fingerprint density at radius 3 is 0.927 bits per heavy atom. The second-order valence-electron chi connectivity index (χ2n) is 8.11. The van der Waals surface area contributed by atoms with Crippen molar-refractivity contribution in [3.05, 3.63) is 0 Å². The number of esters is 2. The number of ether oxygens (including phenoxy) is 12. The summed E-state index contributed by atoms with van der Waals surface area (Å²) in [6.07, 6.45) is 1.22. The van der Waals surface area contributed by atoms with Gasteiger partial charge in [-0.2, -0.15) is 0 Å². The molecule has 0 aliphatic rings. The van der Waals surface area contributed by atoms with Crippen LogP contribution >= 0.6 is 0 Å². The molecular formula is C27H52O14. The molecule has 0 unspecified atom stereocenters. The lowest BCUT2D eigenvalue weighted by Crippen LogP contribution is -2.16. The topological polar surface area (TPSA) is 145 Å². The molecule has 0 aromatic rings. The molecule has 0 amide bonds. The van der Waals surface area contributed by atoms with E-state index in [4.69, 9.17) is 52.1 Å². The van der Waals surface area contributed by atoms with E-state index in [2.05, 4.69) is 4.74 Å². The van der Waals surface area contributed by atoms with Crippen LogP contribution in [0.4, 0.5) is 0 Å². The third-order valence-electron chi connectivity index (χ3n) is 4.74. The highest BCUT2D eigenvalue weighted by molar-refractivity contribution is 5.70. The zero-order valence-corrected chi connectivity index (χ0v) is 25.0. The van der Waals surface area contributed by atoms with E-state index in [1.807, 2.05) is 6.92 Å². The SMILES string of the molecule is CCCC(=O)OCCOCCOCCOCCOCCOCCOCCOCCOCCOCCOCC(=O)OC. The van der Waals surface area contributed by atoms with E-state index in [0.717, 1.165) is 6.42 Å². The minimum absolute atomic E-state index is 0.0725. The van der Waals surface area contributed by atoms with Gasteiger partial charge in [0, 0.05) is 6.42 Å². The smallest absolute Gasteiger partial charge is 0.331 e. The predicted molar refractivity (Wildman–Crippen MR) is 146 cm³/mol. The van der Waals surface area contributed by atoms with Crippen LogP contribution in [-0.4, -0.2) is 158 Å². The third kappa shape index (κ3) is 34.6. The summed E-state index contributed by atoms with van der Waals surface area (Å²) in [5, 5.41) is 0. The van der Waals surface area contributed by atoms with Gasteiger partial charge >= 0.3 is 11.9 Å². The molecule has 244 valence electrons. The van der Waals surface area contributed by atoms with E-state index in [1.54, 1.807) is 0 Å². The second-order valence-corrected chi connectivity index (χ2v) is 8.11. The molecule has 0 spiro atoms. The molecule has 0 aliphatic carbocycles. The van der Waals surface area contributed by atoms with E-state index in [9.17, 15) is 9.59 Å². The Balaban J connectivity index is 3.07. The van der Waals surface area contributed by atoms with Gasteiger partial charge in [0.1, 0.15) is 13.2 Å². The quantitative estimate of drug-likeness (QED) is 0.0753. The number of rotatable bonds is 34. The molecule has 0 heterocycles. The van der Waals surface area contributed by atoms with Gasteiger partial charge in [0.2, 0.25) is 0 Å². The highest BCUT2D eigenvalue weighted by Gasteiger charge is 2.01. The molecule has 0 aromatic carbocycles. The van der Waals surface area contributed by atoms with Gasteiger partial charge in [-0.25, -0.2) is 4.79 Å². The summed E-state index contributed by atoms with van der Waals surface area (Å²) in [4.78, 5) is 22.0. The van der Waals surface area contributed by atoms with E-state index >= 15 is 0 Å². The first-order chi connectivity index (χ1) is 20.2. The molecule has 14 nitrogen and oxygen atoms in total. The van der Waals surface area contributed by atoms with Crippen molar-refractivity contribution in [1.82, 2.24) is 0 Å². The van der Waals surface area contributed by atoms with Crippen LogP contribution in [0.15, 0.2) is 0 Å². The molecular weight excluding hydrogens is 548 g/mol. The van der Waals surface area contributed by atoms with Crippen molar-refractivity contribution in [3.63, 3.8) is 0 Å². The van der Waals surface area contributed by atoms with Crippen LogP contribution in [0.2, 0.25) is 0 Å². The fourth-order valence-electron chi connectivity index (χ4n) is 2.68. The van der Waals surface area contributed by atoms with Crippen LogP contribution in [0.1, 0.15) is 19.8 Å². The largest absolute Gasteiger partial charge is 0.467 e. The van der Waals surface area contributed by atoms with Crippen molar-refractivity contribution in [1.29, 1.82) is 0 Å². The molecule has 0 N–H and O–H groups in total. The van der Waals surface area contributed by atoms with E-state index in [1.165, 1.54) is 7.11 Å². The highest BCUT2D eigenvalue weighted by Crippen LogP contribution is 1.91. The molecule has 0 rings (SSSR count). The Hall–Kier alpha value is -1.46. The van der Waals surface area contributed by atoms with Crippen LogP contribution in [0, 0.1) is 0 Å². The average Bonchev–Trinajstić information content (AvgIpc) is 2.97. The summed E-state index contributed by atoms with van der Waals surface area (Å²) in [6.45, 7) is 10.8. The van der Waals surface area contributed by atoms with Gasteiger partial charge in [0.15, 0.2) is 0 Å². The van der Waals surface area contributed by atoms with Crippen molar-refractivity contribution >= 4 is 11.9 Å². The molecule has 0 saturated carbocycles. The molecule has 0 radical (unpaired) electrons. The molecule has 14 heteroatoms. The fraction of sp³-hybridized carbons (Fsp3) is 0.926. The third-order valence-corrected chi connectivity index (χ3v) is 4.74. The molecule has 41 heavy (non-hydrogen) atoms. The summed E-state index contributed by atoms with van der Waals surface area (Å²) in [7, 11) is 1.31. The van der Waals surface area contributed by atoms with Gasteiger partial charge in [-0.15, -0.1) is 0 Å². The first-order valence-electron chi connectivity index (χ1n) is 14.2. The summed E-state index contributed by atoms with van der Waals surface area (Å²) in [5.74, 6) is -0.602. The Morgan fingerprint density at radius 1 is 0.390 bits per heavy atom. The Morgan fingerprint density at radius 2 is 0.659 bits per heavy atom. The van der Waals surface area contributed by atoms with Crippen molar-refractivity contribution < 1.29 is 66.4 Å². The molecule has 0 bridgehead atoms. The minimum Gasteiger partial charge on any atom is -0.467 e. The first kappa shape index (κ1) is 39.5. The standard InChI is InChI=1S/C27H52O14/c1-3-4-26(28)41-24-23-39-20-19-37-16-15-35-12-11-33-8-7-31-5-6-32-9-10-34-13-14-36-17-18-38-21-22-40-25-27(29)30-2/h3-25H2,1-2H3. The van der Waals surface area contributed by atoms with Crippen LogP contribution in [0.3, 0.4) is 0 Å². The summed E-state index contributed by atoms with van der Waals surface area (Å²) < 4.78 is 63.1. The Bertz CT molecular complexity index is 552. The first-order valence-corrected chi connectivity index (χ1v) is 14.2. The summed E-state index contributed by atoms with van der Waals surface area (Å²) >= 11 is 0. The molecule has 0 atom stereocenters. The zero-order chi connectivity index (χ0) is 29.9. The minimum atomic E-state index is -0.410. The van der Waals surface area contributed by atoms with Crippen LogP contribution in [-0.2, 0) is 66.4 Å². The van der Waals surface area contributed by atoms with Gasteiger partial charge in [-0.1, -0.05) is 6.92 Å². The monoisotopic (exact) mass is 600 g/mol. The maximum absolute atomic E-state index is 11.2. The van der Waals surface area contributed by atoms with Gasteiger partial charge in [0.05, 0.1) is 133 Å². The molecule has 0 aromatic heterocycles. The van der Waals surface area contributed by atoms with Crippen LogP contribution in [0.5, 0.6) is 0 Å². The number of carbonyl (C=O) groups is 2. The molecule has 0 aliphatic heterocycles. The molecule has 0 fully saturated rings. The zero-order valence-electron chi connectivity index (χ0n) is 25.0. The molecule has 0 saturated heterocycles. The van der Waals surface area contributed by atoms with Crippen molar-refractivity contribution in [2.24, 2.45) is 0 Å². The highest BCUT2D eigenvalue weighted by atomic mass is 16.6. The van der Waals surface area contributed by atoms with E-state index < -0.39 is 5.97 Å².